The van der Waals surface area contributed by atoms with Crippen molar-refractivity contribution >= 4 is 33.6 Å². The number of para-hydroxylation sites is 1. The Kier molecular flexibility index (Phi) is 5.93. The summed E-state index contributed by atoms with van der Waals surface area (Å²) >= 11 is 1.60. The van der Waals surface area contributed by atoms with Crippen LogP contribution < -0.4 is 10.1 Å². The molecule has 0 saturated carbocycles. The van der Waals surface area contributed by atoms with Crippen LogP contribution in [0, 0.1) is 0 Å². The van der Waals surface area contributed by atoms with Crippen LogP contribution in [0.3, 0.4) is 0 Å². The molecule has 2 atom stereocenters. The summed E-state index contributed by atoms with van der Waals surface area (Å²) in [5, 5.41) is 4.16. The van der Waals surface area contributed by atoms with Crippen molar-refractivity contribution in [1.29, 1.82) is 0 Å². The zero-order valence-electron chi connectivity index (χ0n) is 19.7. The highest BCUT2D eigenvalue weighted by Gasteiger charge is 2.32. The average molecular weight is 480 g/mol. The van der Waals surface area contributed by atoms with E-state index < -0.39 is 5.60 Å². The van der Waals surface area contributed by atoms with E-state index in [-0.39, 0.29) is 24.0 Å². The van der Waals surface area contributed by atoms with Crippen molar-refractivity contribution < 1.29 is 19.1 Å². The van der Waals surface area contributed by atoms with Crippen LogP contribution in [-0.4, -0.2) is 47.2 Å². The molecule has 2 amide bonds. The van der Waals surface area contributed by atoms with Gasteiger partial charge in [-0.25, -0.2) is 9.78 Å². The summed E-state index contributed by atoms with van der Waals surface area (Å²) in [6.07, 6.45) is 1.32. The van der Waals surface area contributed by atoms with E-state index in [0.717, 1.165) is 39.4 Å². The minimum atomic E-state index is -0.505. The van der Waals surface area contributed by atoms with E-state index in [9.17, 15) is 9.59 Å². The molecule has 2 aliphatic rings. The predicted molar refractivity (Wildman–Crippen MR) is 132 cm³/mol. The molecular weight excluding hydrogens is 450 g/mol. The Bertz CT molecular complexity index is 1230. The number of aromatic nitrogens is 1. The summed E-state index contributed by atoms with van der Waals surface area (Å²) in [5.41, 5.74) is 2.01. The second-order valence-corrected chi connectivity index (χ2v) is 10.9. The van der Waals surface area contributed by atoms with Crippen molar-refractivity contribution in [3.63, 3.8) is 0 Å². The van der Waals surface area contributed by atoms with Gasteiger partial charge in [0.05, 0.1) is 27.9 Å². The molecule has 2 aromatic carbocycles. The average Bonchev–Trinajstić information content (AvgIpc) is 3.45. The summed E-state index contributed by atoms with van der Waals surface area (Å²) in [6.45, 7) is 7.48. The summed E-state index contributed by atoms with van der Waals surface area (Å²) < 4.78 is 12.2. The molecule has 3 aromatic rings. The summed E-state index contributed by atoms with van der Waals surface area (Å²) in [7, 11) is 0. The molecule has 0 bridgehead atoms. The van der Waals surface area contributed by atoms with Gasteiger partial charge >= 0.3 is 6.09 Å². The van der Waals surface area contributed by atoms with E-state index in [0.29, 0.717) is 25.3 Å². The molecule has 0 radical (unpaired) electrons. The number of benzene rings is 2. The van der Waals surface area contributed by atoms with Crippen molar-refractivity contribution in [3.8, 4) is 5.75 Å². The fourth-order valence-electron chi connectivity index (χ4n) is 4.45. The molecule has 8 heteroatoms. The molecule has 1 aromatic heterocycles. The molecular formula is C26H29N3O4S. The molecule has 1 saturated heterocycles. The highest BCUT2D eigenvalue weighted by Crippen LogP contribution is 2.35. The minimum Gasteiger partial charge on any atom is -0.493 e. The van der Waals surface area contributed by atoms with Crippen molar-refractivity contribution in [3.05, 3.63) is 58.6 Å². The maximum absolute atomic E-state index is 13.0. The lowest BCUT2D eigenvalue weighted by Crippen LogP contribution is -2.35. The van der Waals surface area contributed by atoms with Crippen LogP contribution in [0.2, 0.25) is 0 Å². The van der Waals surface area contributed by atoms with Crippen molar-refractivity contribution in [1.82, 2.24) is 15.2 Å². The van der Waals surface area contributed by atoms with Crippen molar-refractivity contribution in [2.45, 2.75) is 51.2 Å². The molecule has 1 N–H and O–H groups in total. The Hall–Kier alpha value is -3.13. The van der Waals surface area contributed by atoms with E-state index in [1.165, 1.54) is 0 Å². The topological polar surface area (TPSA) is 80.8 Å². The van der Waals surface area contributed by atoms with Gasteiger partial charge < -0.3 is 19.7 Å². The summed E-state index contributed by atoms with van der Waals surface area (Å²) in [4.78, 5) is 32.0. The minimum absolute atomic E-state index is 0.0671. The van der Waals surface area contributed by atoms with Gasteiger partial charge in [-0.15, -0.1) is 11.3 Å². The SMILES string of the molecule is CC(C)(C)OC(=O)N1CCC(c2nc3ccc(C(=O)N[C@H]4CCOc5ccccc54)cc3s2)C1. The number of amides is 2. The number of carbonyl (C=O) groups excluding carboxylic acids is 2. The Labute approximate surface area is 203 Å². The molecule has 0 spiro atoms. The van der Waals surface area contributed by atoms with Gasteiger partial charge in [-0.1, -0.05) is 18.2 Å². The number of thiazole rings is 1. The van der Waals surface area contributed by atoms with E-state index in [1.54, 1.807) is 16.2 Å². The van der Waals surface area contributed by atoms with Crippen LogP contribution >= 0.6 is 11.3 Å². The molecule has 3 heterocycles. The largest absolute Gasteiger partial charge is 0.493 e. The molecule has 7 nitrogen and oxygen atoms in total. The fraction of sp³-hybridized carbons (Fsp3) is 0.423. The van der Waals surface area contributed by atoms with Crippen LogP contribution in [-0.2, 0) is 4.74 Å². The zero-order valence-corrected chi connectivity index (χ0v) is 20.5. The summed E-state index contributed by atoms with van der Waals surface area (Å²) in [6, 6.07) is 13.4. The first-order valence-electron chi connectivity index (χ1n) is 11.7. The first kappa shape index (κ1) is 22.7. The molecule has 1 fully saturated rings. The van der Waals surface area contributed by atoms with Gasteiger partial charge in [-0.3, -0.25) is 4.79 Å². The number of carbonyl (C=O) groups is 2. The Balaban J connectivity index is 1.28. The van der Waals surface area contributed by atoms with Gasteiger partial charge in [0.15, 0.2) is 0 Å². The zero-order chi connectivity index (χ0) is 23.9. The van der Waals surface area contributed by atoms with Crippen LogP contribution in [0.5, 0.6) is 5.75 Å². The first-order valence-corrected chi connectivity index (χ1v) is 12.5. The molecule has 0 aliphatic carbocycles. The predicted octanol–water partition coefficient (Wildman–Crippen LogP) is 5.27. The molecule has 2 aliphatic heterocycles. The second-order valence-electron chi connectivity index (χ2n) is 9.85. The van der Waals surface area contributed by atoms with Crippen molar-refractivity contribution in [2.24, 2.45) is 0 Å². The van der Waals surface area contributed by atoms with E-state index >= 15 is 0 Å². The Morgan fingerprint density at radius 1 is 1.18 bits per heavy atom. The Morgan fingerprint density at radius 2 is 2.00 bits per heavy atom. The van der Waals surface area contributed by atoms with Gasteiger partial charge in [0.25, 0.3) is 5.91 Å². The number of ether oxygens (including phenoxy) is 2. The number of fused-ring (bicyclic) bond motifs is 2. The van der Waals surface area contributed by atoms with Gasteiger partial charge in [0.2, 0.25) is 0 Å². The van der Waals surface area contributed by atoms with Crippen LogP contribution in [0.15, 0.2) is 42.5 Å². The maximum atomic E-state index is 13.0. The number of hydrogen-bond donors (Lipinski definition) is 1. The lowest BCUT2D eigenvalue weighted by molar-refractivity contribution is 0.0292. The molecule has 1 unspecified atom stereocenters. The van der Waals surface area contributed by atoms with Gasteiger partial charge in [-0.05, 0) is 51.5 Å². The quantitative estimate of drug-likeness (QED) is 0.553. The van der Waals surface area contributed by atoms with Crippen molar-refractivity contribution in [2.75, 3.05) is 19.7 Å². The maximum Gasteiger partial charge on any atom is 0.410 e. The third-order valence-electron chi connectivity index (χ3n) is 6.12. The monoisotopic (exact) mass is 479 g/mol. The number of nitrogens with zero attached hydrogens (tertiary/aromatic N) is 2. The number of likely N-dealkylation sites (tertiary alicyclic amines) is 1. The third-order valence-corrected chi connectivity index (χ3v) is 7.30. The first-order chi connectivity index (χ1) is 16.3. The number of nitrogens with one attached hydrogen (secondary N) is 1. The van der Waals surface area contributed by atoms with Gasteiger partial charge in [0, 0.05) is 36.6 Å². The van der Waals surface area contributed by atoms with E-state index in [2.05, 4.69) is 5.32 Å². The lowest BCUT2D eigenvalue weighted by Gasteiger charge is -2.26. The van der Waals surface area contributed by atoms with Gasteiger partial charge in [0.1, 0.15) is 11.4 Å². The van der Waals surface area contributed by atoms with Crippen LogP contribution in [0.1, 0.15) is 66.5 Å². The highest BCUT2D eigenvalue weighted by atomic mass is 32.1. The number of rotatable bonds is 3. The van der Waals surface area contributed by atoms with E-state index in [1.807, 2.05) is 63.2 Å². The highest BCUT2D eigenvalue weighted by molar-refractivity contribution is 7.18. The number of hydrogen-bond acceptors (Lipinski definition) is 6. The molecule has 178 valence electrons. The summed E-state index contributed by atoms with van der Waals surface area (Å²) in [5.74, 6) is 0.912. The Morgan fingerprint density at radius 3 is 2.82 bits per heavy atom. The standard InChI is InChI=1S/C26H29N3O4S/c1-26(2,3)33-25(31)29-12-10-17(15-29)24-28-20-9-8-16(14-22(20)34-24)23(30)27-19-11-13-32-21-7-5-4-6-18(19)21/h4-9,14,17,19H,10-13,15H2,1-3H3,(H,27,30)/t17?,19-/m0/s1. The molecule has 34 heavy (non-hydrogen) atoms. The van der Waals surface area contributed by atoms with Crippen LogP contribution in [0.25, 0.3) is 10.2 Å². The third kappa shape index (κ3) is 4.73. The van der Waals surface area contributed by atoms with Gasteiger partial charge in [-0.2, -0.15) is 0 Å². The smallest absolute Gasteiger partial charge is 0.410 e. The molecule has 5 rings (SSSR count). The fourth-order valence-corrected chi connectivity index (χ4v) is 5.58. The second kappa shape index (κ2) is 8.91. The van der Waals surface area contributed by atoms with E-state index in [4.69, 9.17) is 14.5 Å². The normalized spacial score (nSPS) is 20.0. The van der Waals surface area contributed by atoms with Crippen LogP contribution in [0.4, 0.5) is 4.79 Å². The lowest BCUT2D eigenvalue weighted by atomic mass is 10.00.